The van der Waals surface area contributed by atoms with Crippen LogP contribution < -0.4 is 5.32 Å². The normalized spacial score (nSPS) is 10.2. The Morgan fingerprint density at radius 1 is 1.35 bits per heavy atom. The van der Waals surface area contributed by atoms with Crippen molar-refractivity contribution in [2.75, 3.05) is 5.32 Å². The van der Waals surface area contributed by atoms with E-state index in [0.717, 1.165) is 5.56 Å². The molecule has 0 aliphatic carbocycles. The summed E-state index contributed by atoms with van der Waals surface area (Å²) in [6, 6.07) is 6.17. The highest BCUT2D eigenvalue weighted by Crippen LogP contribution is 2.11. The minimum absolute atomic E-state index is 0.0794. The number of aryl methyl sites for hydroxylation is 1. The predicted molar refractivity (Wildman–Crippen MR) is 65.5 cm³/mol. The fraction of sp³-hybridized carbons (Fsp3) is 0.167. The molecule has 1 amide bonds. The van der Waals surface area contributed by atoms with Crippen molar-refractivity contribution in [2.24, 2.45) is 0 Å². The lowest BCUT2D eigenvalue weighted by Crippen LogP contribution is -2.11. The van der Waals surface area contributed by atoms with E-state index in [0.29, 0.717) is 18.0 Å². The summed E-state index contributed by atoms with van der Waals surface area (Å²) in [5.74, 6) is -0.342. The molecule has 1 aromatic carbocycles. The Morgan fingerprint density at radius 3 is 2.76 bits per heavy atom. The number of hydrogen-bond acceptors (Lipinski definition) is 3. The molecule has 1 N–H and O–H groups in total. The van der Waals surface area contributed by atoms with Gasteiger partial charge in [0.2, 0.25) is 5.91 Å². The van der Waals surface area contributed by atoms with Gasteiger partial charge in [-0.1, -0.05) is 12.1 Å². The fourth-order valence-electron chi connectivity index (χ4n) is 1.38. The summed E-state index contributed by atoms with van der Waals surface area (Å²) >= 11 is 1.38. The first kappa shape index (κ1) is 11.7. The van der Waals surface area contributed by atoms with Crippen LogP contribution in [-0.4, -0.2) is 10.9 Å². The number of aromatic nitrogens is 1. The number of amides is 1. The van der Waals surface area contributed by atoms with Gasteiger partial charge in [-0.15, -0.1) is 11.3 Å². The van der Waals surface area contributed by atoms with Gasteiger partial charge >= 0.3 is 0 Å². The first-order valence-electron chi connectivity index (χ1n) is 5.18. The molecule has 0 saturated carbocycles. The van der Waals surface area contributed by atoms with Crippen LogP contribution in [0.1, 0.15) is 12.0 Å². The minimum Gasteiger partial charge on any atom is -0.302 e. The third-order valence-electron chi connectivity index (χ3n) is 2.23. The number of nitrogens with one attached hydrogen (secondary N) is 1. The Labute approximate surface area is 102 Å². The quantitative estimate of drug-likeness (QED) is 0.906. The van der Waals surface area contributed by atoms with Crippen LogP contribution in [0.4, 0.5) is 9.52 Å². The zero-order chi connectivity index (χ0) is 12.1. The molecule has 0 unspecified atom stereocenters. The van der Waals surface area contributed by atoms with Gasteiger partial charge in [-0.25, -0.2) is 9.37 Å². The summed E-state index contributed by atoms with van der Waals surface area (Å²) in [6.07, 6.45) is 2.60. The Kier molecular flexibility index (Phi) is 3.82. The summed E-state index contributed by atoms with van der Waals surface area (Å²) in [5.41, 5.74) is 0.945. The van der Waals surface area contributed by atoms with Crippen LogP contribution in [-0.2, 0) is 11.2 Å². The van der Waals surface area contributed by atoms with E-state index < -0.39 is 0 Å². The van der Waals surface area contributed by atoms with E-state index in [1.54, 1.807) is 23.7 Å². The number of halogens is 1. The Bertz CT molecular complexity index is 482. The number of nitrogens with zero attached hydrogens (tertiary/aromatic N) is 1. The number of carbonyl (C=O) groups excluding carboxylic acids is 1. The zero-order valence-corrected chi connectivity index (χ0v) is 9.84. The molecule has 0 spiro atoms. The highest BCUT2D eigenvalue weighted by molar-refractivity contribution is 7.13. The molecule has 0 bridgehead atoms. The van der Waals surface area contributed by atoms with E-state index in [-0.39, 0.29) is 11.7 Å². The van der Waals surface area contributed by atoms with Gasteiger partial charge in [0, 0.05) is 18.0 Å². The maximum Gasteiger partial charge on any atom is 0.226 e. The summed E-state index contributed by atoms with van der Waals surface area (Å²) in [7, 11) is 0. The van der Waals surface area contributed by atoms with Crippen LogP contribution in [0.3, 0.4) is 0 Å². The molecule has 0 aliphatic rings. The molecule has 88 valence electrons. The number of anilines is 1. The Balaban J connectivity index is 1.82. The smallest absolute Gasteiger partial charge is 0.226 e. The van der Waals surface area contributed by atoms with Gasteiger partial charge in [-0.05, 0) is 24.1 Å². The van der Waals surface area contributed by atoms with Gasteiger partial charge in [-0.2, -0.15) is 0 Å². The number of rotatable bonds is 4. The molecule has 17 heavy (non-hydrogen) atoms. The molecule has 1 aromatic heterocycles. The number of thiazole rings is 1. The van der Waals surface area contributed by atoms with Gasteiger partial charge in [0.1, 0.15) is 5.82 Å². The summed E-state index contributed by atoms with van der Waals surface area (Å²) in [4.78, 5) is 15.5. The number of benzene rings is 1. The molecular weight excluding hydrogens is 239 g/mol. The molecule has 0 radical (unpaired) electrons. The first-order chi connectivity index (χ1) is 8.24. The molecule has 3 nitrogen and oxygen atoms in total. The second kappa shape index (κ2) is 5.54. The van der Waals surface area contributed by atoms with Gasteiger partial charge < -0.3 is 5.32 Å². The summed E-state index contributed by atoms with van der Waals surface area (Å²) < 4.78 is 12.7. The monoisotopic (exact) mass is 250 g/mol. The lowest BCUT2D eigenvalue weighted by molar-refractivity contribution is -0.116. The average molecular weight is 250 g/mol. The van der Waals surface area contributed by atoms with Gasteiger partial charge in [0.05, 0.1) is 0 Å². The minimum atomic E-state index is -0.263. The van der Waals surface area contributed by atoms with Crippen molar-refractivity contribution >= 4 is 22.4 Å². The first-order valence-corrected chi connectivity index (χ1v) is 6.06. The third kappa shape index (κ3) is 3.64. The van der Waals surface area contributed by atoms with Crippen LogP contribution in [0.15, 0.2) is 35.8 Å². The van der Waals surface area contributed by atoms with Crippen molar-refractivity contribution in [3.05, 3.63) is 47.2 Å². The molecule has 0 aliphatic heterocycles. The molecule has 5 heteroatoms. The third-order valence-corrected chi connectivity index (χ3v) is 2.92. The highest BCUT2D eigenvalue weighted by atomic mass is 32.1. The average Bonchev–Trinajstić information content (AvgIpc) is 2.81. The summed E-state index contributed by atoms with van der Waals surface area (Å²) in [5, 5.41) is 5.10. The topological polar surface area (TPSA) is 42.0 Å². The second-order valence-electron chi connectivity index (χ2n) is 3.51. The largest absolute Gasteiger partial charge is 0.302 e. The maximum atomic E-state index is 12.7. The molecule has 2 rings (SSSR count). The van der Waals surface area contributed by atoms with E-state index in [4.69, 9.17) is 0 Å². The Morgan fingerprint density at radius 2 is 2.12 bits per heavy atom. The van der Waals surface area contributed by atoms with Gasteiger partial charge in [0.25, 0.3) is 0 Å². The predicted octanol–water partition coefficient (Wildman–Crippen LogP) is 2.85. The standard InChI is InChI=1S/C12H11FN2OS/c13-10-4-1-9(2-5-10)3-6-11(16)15-12-14-7-8-17-12/h1-2,4-5,7-8H,3,6H2,(H,14,15,16). The molecule has 2 aromatic rings. The lowest BCUT2D eigenvalue weighted by atomic mass is 10.1. The van der Waals surface area contributed by atoms with Crippen LogP contribution in [0.2, 0.25) is 0 Å². The van der Waals surface area contributed by atoms with E-state index in [9.17, 15) is 9.18 Å². The Hall–Kier alpha value is -1.75. The SMILES string of the molecule is O=C(CCc1ccc(F)cc1)Nc1nccs1. The lowest BCUT2D eigenvalue weighted by Gasteiger charge is -2.02. The van der Waals surface area contributed by atoms with Crippen molar-refractivity contribution in [3.63, 3.8) is 0 Å². The maximum absolute atomic E-state index is 12.7. The number of carbonyl (C=O) groups is 1. The second-order valence-corrected chi connectivity index (χ2v) is 4.41. The van der Waals surface area contributed by atoms with E-state index >= 15 is 0 Å². The van der Waals surface area contributed by atoms with Crippen molar-refractivity contribution < 1.29 is 9.18 Å². The van der Waals surface area contributed by atoms with Crippen LogP contribution >= 0.6 is 11.3 Å². The van der Waals surface area contributed by atoms with E-state index in [2.05, 4.69) is 10.3 Å². The molecule has 1 heterocycles. The van der Waals surface area contributed by atoms with Crippen molar-refractivity contribution in [1.82, 2.24) is 4.98 Å². The fourth-order valence-corrected chi connectivity index (χ4v) is 1.92. The van der Waals surface area contributed by atoms with Crippen molar-refractivity contribution in [1.29, 1.82) is 0 Å². The van der Waals surface area contributed by atoms with Gasteiger partial charge in [0.15, 0.2) is 5.13 Å². The van der Waals surface area contributed by atoms with Crippen LogP contribution in [0.25, 0.3) is 0 Å². The zero-order valence-electron chi connectivity index (χ0n) is 9.02. The molecular formula is C12H11FN2OS. The van der Waals surface area contributed by atoms with Crippen LogP contribution in [0, 0.1) is 5.82 Å². The molecule has 0 fully saturated rings. The van der Waals surface area contributed by atoms with Crippen LogP contribution in [0.5, 0.6) is 0 Å². The van der Waals surface area contributed by atoms with Crippen molar-refractivity contribution in [2.45, 2.75) is 12.8 Å². The number of hydrogen-bond donors (Lipinski definition) is 1. The highest BCUT2D eigenvalue weighted by Gasteiger charge is 2.04. The van der Waals surface area contributed by atoms with E-state index in [1.807, 2.05) is 0 Å². The molecule has 0 saturated heterocycles. The summed E-state index contributed by atoms with van der Waals surface area (Å²) in [6.45, 7) is 0. The van der Waals surface area contributed by atoms with Gasteiger partial charge in [-0.3, -0.25) is 4.79 Å². The molecule has 0 atom stereocenters. The van der Waals surface area contributed by atoms with E-state index in [1.165, 1.54) is 23.5 Å². The van der Waals surface area contributed by atoms with Crippen molar-refractivity contribution in [3.8, 4) is 0 Å².